The second-order valence-electron chi connectivity index (χ2n) is 6.78. The molecular formula is C20H24N2O2S. The lowest BCUT2D eigenvalue weighted by atomic mass is 10.0. The Balaban J connectivity index is 1.40. The molecule has 0 radical (unpaired) electrons. The number of hydrogen-bond acceptors (Lipinski definition) is 4. The Hall–Kier alpha value is -1.85. The molecule has 0 atom stereocenters. The lowest BCUT2D eigenvalue weighted by molar-refractivity contribution is 0.0761. The Morgan fingerprint density at radius 2 is 2.08 bits per heavy atom. The van der Waals surface area contributed by atoms with Crippen LogP contribution >= 0.6 is 11.3 Å². The normalized spacial score (nSPS) is 18.3. The molecule has 0 unspecified atom stereocenters. The number of ether oxygens (including phenoxy) is 1. The molecule has 2 aromatic rings. The van der Waals surface area contributed by atoms with E-state index >= 15 is 0 Å². The first kappa shape index (κ1) is 16.6. The van der Waals surface area contributed by atoms with Crippen LogP contribution in [0.15, 0.2) is 35.7 Å². The summed E-state index contributed by atoms with van der Waals surface area (Å²) < 4.78 is 5.66. The molecule has 1 saturated heterocycles. The van der Waals surface area contributed by atoms with Gasteiger partial charge in [0.2, 0.25) is 0 Å². The third-order valence-electron chi connectivity index (χ3n) is 4.99. The van der Waals surface area contributed by atoms with E-state index in [-0.39, 0.29) is 5.91 Å². The van der Waals surface area contributed by atoms with Crippen LogP contribution in [0.4, 0.5) is 0 Å². The molecule has 4 rings (SSSR count). The standard InChI is InChI=1S/C20H24N2O2S/c23-20(17-6-7-19-16(14-17)4-1-12-24-19)22-9-3-8-21(10-11-22)15-18-5-2-13-25-18/h2,5-7,13-14H,1,3-4,8-12,15H2. The highest BCUT2D eigenvalue weighted by Crippen LogP contribution is 2.26. The summed E-state index contributed by atoms with van der Waals surface area (Å²) in [4.78, 5) is 18.8. The lowest BCUT2D eigenvalue weighted by Gasteiger charge is -2.23. The second kappa shape index (κ2) is 7.58. The first-order valence-corrected chi connectivity index (χ1v) is 9.97. The minimum atomic E-state index is 0.159. The highest BCUT2D eigenvalue weighted by molar-refractivity contribution is 7.09. The summed E-state index contributed by atoms with van der Waals surface area (Å²) in [5.41, 5.74) is 1.97. The maximum atomic E-state index is 12.9. The minimum Gasteiger partial charge on any atom is -0.493 e. The molecule has 0 bridgehead atoms. The van der Waals surface area contributed by atoms with E-state index in [4.69, 9.17) is 4.74 Å². The van der Waals surface area contributed by atoms with E-state index < -0.39 is 0 Å². The van der Waals surface area contributed by atoms with E-state index in [1.54, 1.807) is 11.3 Å². The maximum Gasteiger partial charge on any atom is 0.253 e. The Kier molecular flexibility index (Phi) is 5.04. The van der Waals surface area contributed by atoms with Crippen molar-refractivity contribution >= 4 is 17.2 Å². The molecule has 0 N–H and O–H groups in total. The first-order chi connectivity index (χ1) is 12.3. The molecule has 4 nitrogen and oxygen atoms in total. The fourth-order valence-electron chi connectivity index (χ4n) is 3.63. The van der Waals surface area contributed by atoms with Gasteiger partial charge in [-0.3, -0.25) is 9.69 Å². The van der Waals surface area contributed by atoms with Gasteiger partial charge < -0.3 is 9.64 Å². The summed E-state index contributed by atoms with van der Waals surface area (Å²) >= 11 is 1.81. The van der Waals surface area contributed by atoms with Crippen LogP contribution in [0.25, 0.3) is 0 Å². The van der Waals surface area contributed by atoms with Crippen LogP contribution in [-0.2, 0) is 13.0 Å². The summed E-state index contributed by atoms with van der Waals surface area (Å²) in [5.74, 6) is 1.10. The van der Waals surface area contributed by atoms with Gasteiger partial charge in [0.25, 0.3) is 5.91 Å². The van der Waals surface area contributed by atoms with E-state index in [0.717, 1.165) is 69.9 Å². The summed E-state index contributed by atoms with van der Waals surface area (Å²) in [6.07, 6.45) is 3.07. The molecule has 3 heterocycles. The fraction of sp³-hybridized carbons (Fsp3) is 0.450. The number of thiophene rings is 1. The topological polar surface area (TPSA) is 32.8 Å². The molecule has 0 spiro atoms. The van der Waals surface area contributed by atoms with Crippen LogP contribution in [0.3, 0.4) is 0 Å². The Bertz CT molecular complexity index is 729. The molecule has 2 aliphatic heterocycles. The third-order valence-corrected chi connectivity index (χ3v) is 5.85. The van der Waals surface area contributed by atoms with Crippen LogP contribution in [0.1, 0.15) is 33.6 Å². The Labute approximate surface area is 153 Å². The second-order valence-corrected chi connectivity index (χ2v) is 7.81. The monoisotopic (exact) mass is 356 g/mol. The SMILES string of the molecule is O=C(c1ccc2c(c1)CCCO2)N1CCCN(Cc2cccs2)CC1. The van der Waals surface area contributed by atoms with Gasteiger partial charge in [-0.25, -0.2) is 0 Å². The molecule has 0 saturated carbocycles. The van der Waals surface area contributed by atoms with Gasteiger partial charge in [-0.2, -0.15) is 0 Å². The zero-order chi connectivity index (χ0) is 17.1. The van der Waals surface area contributed by atoms with Crippen LogP contribution in [0, 0.1) is 0 Å². The number of hydrogen-bond donors (Lipinski definition) is 0. The zero-order valence-corrected chi connectivity index (χ0v) is 15.3. The van der Waals surface area contributed by atoms with Crippen molar-refractivity contribution in [1.82, 2.24) is 9.80 Å². The number of carbonyl (C=O) groups is 1. The maximum absolute atomic E-state index is 12.9. The van der Waals surface area contributed by atoms with E-state index in [1.165, 1.54) is 10.4 Å². The van der Waals surface area contributed by atoms with Crippen LogP contribution in [-0.4, -0.2) is 48.5 Å². The summed E-state index contributed by atoms with van der Waals surface area (Å²) in [6, 6.07) is 10.2. The largest absolute Gasteiger partial charge is 0.493 e. The van der Waals surface area contributed by atoms with Gasteiger partial charge in [0.05, 0.1) is 6.61 Å². The lowest BCUT2D eigenvalue weighted by Crippen LogP contribution is -2.35. The highest BCUT2D eigenvalue weighted by Gasteiger charge is 2.22. The Morgan fingerprint density at radius 3 is 2.96 bits per heavy atom. The number of fused-ring (bicyclic) bond motifs is 1. The van der Waals surface area contributed by atoms with E-state index in [1.807, 2.05) is 23.1 Å². The number of rotatable bonds is 3. The predicted octanol–water partition coefficient (Wildman–Crippen LogP) is 3.42. The van der Waals surface area contributed by atoms with E-state index in [0.29, 0.717) is 0 Å². The van der Waals surface area contributed by atoms with Crippen molar-refractivity contribution in [2.24, 2.45) is 0 Å². The summed E-state index contributed by atoms with van der Waals surface area (Å²) in [6.45, 7) is 5.42. The predicted molar refractivity (Wildman–Crippen MR) is 100 cm³/mol. The fourth-order valence-corrected chi connectivity index (χ4v) is 4.38. The van der Waals surface area contributed by atoms with Gasteiger partial charge in [-0.05, 0) is 54.5 Å². The molecule has 1 aromatic heterocycles. The van der Waals surface area contributed by atoms with Crippen molar-refractivity contribution in [2.75, 3.05) is 32.8 Å². The van der Waals surface area contributed by atoms with Crippen molar-refractivity contribution in [3.05, 3.63) is 51.7 Å². The smallest absolute Gasteiger partial charge is 0.253 e. The van der Waals surface area contributed by atoms with Gasteiger partial charge in [-0.1, -0.05) is 6.07 Å². The van der Waals surface area contributed by atoms with Gasteiger partial charge in [0.1, 0.15) is 5.75 Å². The Morgan fingerprint density at radius 1 is 1.12 bits per heavy atom. The molecule has 25 heavy (non-hydrogen) atoms. The number of benzene rings is 1. The average Bonchev–Trinajstić information content (AvgIpc) is 3.05. The van der Waals surface area contributed by atoms with Gasteiger partial charge in [0.15, 0.2) is 0 Å². The number of amides is 1. The summed E-state index contributed by atoms with van der Waals surface area (Å²) in [5, 5.41) is 2.13. The van der Waals surface area contributed by atoms with Crippen molar-refractivity contribution in [3.63, 3.8) is 0 Å². The quantitative estimate of drug-likeness (QED) is 0.845. The van der Waals surface area contributed by atoms with Crippen molar-refractivity contribution in [1.29, 1.82) is 0 Å². The molecule has 1 fully saturated rings. The average molecular weight is 356 g/mol. The van der Waals surface area contributed by atoms with Crippen LogP contribution in [0.5, 0.6) is 5.75 Å². The molecule has 1 aromatic carbocycles. The minimum absolute atomic E-state index is 0.159. The highest BCUT2D eigenvalue weighted by atomic mass is 32.1. The first-order valence-electron chi connectivity index (χ1n) is 9.09. The van der Waals surface area contributed by atoms with Crippen LogP contribution in [0.2, 0.25) is 0 Å². The van der Waals surface area contributed by atoms with Crippen molar-refractivity contribution in [2.45, 2.75) is 25.8 Å². The van der Waals surface area contributed by atoms with Crippen molar-refractivity contribution < 1.29 is 9.53 Å². The number of aryl methyl sites for hydroxylation is 1. The van der Waals surface area contributed by atoms with Crippen molar-refractivity contribution in [3.8, 4) is 5.75 Å². The van der Waals surface area contributed by atoms with Gasteiger partial charge in [-0.15, -0.1) is 11.3 Å². The zero-order valence-electron chi connectivity index (χ0n) is 14.4. The number of carbonyl (C=O) groups excluding carboxylic acids is 1. The molecule has 2 aliphatic rings. The number of nitrogens with zero attached hydrogens (tertiary/aromatic N) is 2. The molecule has 132 valence electrons. The van der Waals surface area contributed by atoms with E-state index in [2.05, 4.69) is 22.4 Å². The van der Waals surface area contributed by atoms with Gasteiger partial charge >= 0.3 is 0 Å². The molecule has 0 aliphatic carbocycles. The molecule has 5 heteroatoms. The molecule has 1 amide bonds. The molecular weight excluding hydrogens is 332 g/mol. The third kappa shape index (κ3) is 3.88. The van der Waals surface area contributed by atoms with Gasteiger partial charge in [0, 0.05) is 43.2 Å². The summed E-state index contributed by atoms with van der Waals surface area (Å²) in [7, 11) is 0. The van der Waals surface area contributed by atoms with E-state index in [9.17, 15) is 4.79 Å². The van der Waals surface area contributed by atoms with Crippen LogP contribution < -0.4 is 4.74 Å².